The molecular weight excluding hydrogens is 495 g/mol. The first kappa shape index (κ1) is 27.1. The van der Waals surface area contributed by atoms with Crippen molar-refractivity contribution in [3.63, 3.8) is 0 Å². The highest BCUT2D eigenvalue weighted by Crippen LogP contribution is 2.49. The fourth-order valence-electron chi connectivity index (χ4n) is 4.63. The van der Waals surface area contributed by atoms with Gasteiger partial charge in [0.2, 0.25) is 5.91 Å². The fraction of sp³-hybridized carbons (Fsp3) is 0.636. The standard InChI is InChI=1S/C22H23F9N2O2/c1-13-2-3-14(23)16(17(13)24)18(35)32-9-6-19(7-10-32)8-11-33(12-19)15(34)4-5-20(25,21(26,27)28)22(29,30)31/h2-3H,4-12H2,1H3. The molecule has 0 radical (unpaired) electrons. The molecule has 2 aliphatic rings. The van der Waals surface area contributed by atoms with Gasteiger partial charge in [0.05, 0.1) is 0 Å². The van der Waals surface area contributed by atoms with E-state index in [1.165, 1.54) is 17.9 Å². The second-order valence-electron chi connectivity index (χ2n) is 9.21. The van der Waals surface area contributed by atoms with E-state index in [4.69, 9.17) is 0 Å². The van der Waals surface area contributed by atoms with Crippen LogP contribution in [0.4, 0.5) is 39.5 Å². The van der Waals surface area contributed by atoms with E-state index < -0.39 is 65.3 Å². The predicted molar refractivity (Wildman–Crippen MR) is 105 cm³/mol. The number of carbonyl (C=O) groups is 2. The van der Waals surface area contributed by atoms with Crippen molar-refractivity contribution in [3.8, 4) is 0 Å². The summed E-state index contributed by atoms with van der Waals surface area (Å²) in [6.07, 6.45) is -14.8. The zero-order valence-electron chi connectivity index (χ0n) is 18.6. The first-order chi connectivity index (χ1) is 16.0. The first-order valence-electron chi connectivity index (χ1n) is 10.9. The Kier molecular flexibility index (Phi) is 7.13. The molecule has 0 unspecified atom stereocenters. The van der Waals surface area contributed by atoms with Gasteiger partial charge in [0.1, 0.15) is 17.2 Å². The molecule has 35 heavy (non-hydrogen) atoms. The van der Waals surface area contributed by atoms with Crippen LogP contribution < -0.4 is 0 Å². The molecular formula is C22H23F9N2O2. The molecule has 13 heteroatoms. The largest absolute Gasteiger partial charge is 0.431 e. The van der Waals surface area contributed by atoms with Crippen molar-refractivity contribution in [1.29, 1.82) is 0 Å². The lowest BCUT2D eigenvalue weighted by molar-refractivity contribution is -0.343. The molecule has 2 fully saturated rings. The molecule has 0 N–H and O–H groups in total. The lowest BCUT2D eigenvalue weighted by atomic mass is 9.77. The Labute approximate surface area is 195 Å². The molecule has 196 valence electrons. The van der Waals surface area contributed by atoms with E-state index in [0.29, 0.717) is 19.3 Å². The summed E-state index contributed by atoms with van der Waals surface area (Å²) in [5, 5.41) is 0. The van der Waals surface area contributed by atoms with E-state index in [2.05, 4.69) is 0 Å². The van der Waals surface area contributed by atoms with Crippen molar-refractivity contribution in [2.24, 2.45) is 5.41 Å². The third kappa shape index (κ3) is 5.09. The number of hydrogen-bond acceptors (Lipinski definition) is 2. The molecule has 2 amide bonds. The summed E-state index contributed by atoms with van der Waals surface area (Å²) in [5.41, 5.74) is -6.61. The normalized spacial score (nSPS) is 18.9. The number of likely N-dealkylation sites (tertiary alicyclic amines) is 2. The highest BCUT2D eigenvalue weighted by atomic mass is 19.4. The maximum Gasteiger partial charge on any atom is 0.431 e. The first-order valence-corrected chi connectivity index (χ1v) is 10.9. The Bertz CT molecular complexity index is 968. The van der Waals surface area contributed by atoms with Crippen LogP contribution in [0.5, 0.6) is 0 Å². The van der Waals surface area contributed by atoms with Gasteiger partial charge in [-0.3, -0.25) is 9.59 Å². The van der Waals surface area contributed by atoms with Crippen molar-refractivity contribution < 1.29 is 49.1 Å². The predicted octanol–water partition coefficient (Wildman–Crippen LogP) is 5.34. The Morgan fingerprint density at radius 2 is 1.40 bits per heavy atom. The quantitative estimate of drug-likeness (QED) is 0.505. The number of aryl methyl sites for hydroxylation is 1. The summed E-state index contributed by atoms with van der Waals surface area (Å²) in [6, 6.07) is 2.19. The van der Waals surface area contributed by atoms with Crippen LogP contribution in [0.1, 0.15) is 48.0 Å². The number of carbonyl (C=O) groups excluding carboxylic acids is 2. The minimum Gasteiger partial charge on any atom is -0.342 e. The minimum absolute atomic E-state index is 0.0261. The van der Waals surface area contributed by atoms with Gasteiger partial charge in [0.15, 0.2) is 0 Å². The van der Waals surface area contributed by atoms with Gasteiger partial charge in [-0.1, -0.05) is 6.07 Å². The summed E-state index contributed by atoms with van der Waals surface area (Å²) < 4.78 is 118. The fourth-order valence-corrected chi connectivity index (χ4v) is 4.63. The van der Waals surface area contributed by atoms with Gasteiger partial charge >= 0.3 is 12.4 Å². The zero-order valence-corrected chi connectivity index (χ0v) is 18.6. The van der Waals surface area contributed by atoms with Gasteiger partial charge < -0.3 is 9.80 Å². The second kappa shape index (κ2) is 9.20. The van der Waals surface area contributed by atoms with Crippen molar-refractivity contribution in [2.45, 2.75) is 57.0 Å². The van der Waals surface area contributed by atoms with Crippen LogP contribution in [0.2, 0.25) is 0 Å². The molecule has 2 heterocycles. The molecule has 1 aromatic carbocycles. The molecule has 2 aliphatic heterocycles. The molecule has 0 bridgehead atoms. The van der Waals surface area contributed by atoms with E-state index in [0.717, 1.165) is 11.0 Å². The Morgan fingerprint density at radius 1 is 0.886 bits per heavy atom. The number of halogens is 9. The van der Waals surface area contributed by atoms with E-state index >= 15 is 0 Å². The van der Waals surface area contributed by atoms with Gasteiger partial charge in [-0.25, -0.2) is 13.2 Å². The highest BCUT2D eigenvalue weighted by molar-refractivity contribution is 5.95. The van der Waals surface area contributed by atoms with Gasteiger partial charge in [0, 0.05) is 39.0 Å². The number of amides is 2. The Morgan fingerprint density at radius 3 is 1.91 bits per heavy atom. The van der Waals surface area contributed by atoms with Crippen LogP contribution in [0, 0.1) is 24.0 Å². The molecule has 2 saturated heterocycles. The number of piperidine rings is 1. The SMILES string of the molecule is Cc1ccc(F)c(C(=O)N2CCC3(CCN(C(=O)CCC(F)(C(F)(F)F)C(F)(F)F)C3)CC2)c1F. The van der Waals surface area contributed by atoms with Gasteiger partial charge in [-0.2, -0.15) is 26.3 Å². The summed E-state index contributed by atoms with van der Waals surface area (Å²) >= 11 is 0. The summed E-state index contributed by atoms with van der Waals surface area (Å²) in [7, 11) is 0. The van der Waals surface area contributed by atoms with E-state index in [1.54, 1.807) is 0 Å². The molecule has 0 atom stereocenters. The highest BCUT2D eigenvalue weighted by Gasteiger charge is 2.72. The van der Waals surface area contributed by atoms with E-state index in [1.807, 2.05) is 0 Å². The van der Waals surface area contributed by atoms with Crippen molar-refractivity contribution >= 4 is 11.8 Å². The van der Waals surface area contributed by atoms with Crippen LogP contribution in [0.3, 0.4) is 0 Å². The Balaban J connectivity index is 1.60. The lowest BCUT2D eigenvalue weighted by Gasteiger charge is -2.39. The third-order valence-corrected chi connectivity index (χ3v) is 6.98. The smallest absolute Gasteiger partial charge is 0.342 e. The molecule has 1 aromatic rings. The number of hydrogen-bond donors (Lipinski definition) is 0. The number of alkyl halides is 7. The van der Waals surface area contributed by atoms with Crippen molar-refractivity contribution in [2.75, 3.05) is 26.2 Å². The molecule has 4 nitrogen and oxygen atoms in total. The van der Waals surface area contributed by atoms with Crippen LogP contribution in [-0.2, 0) is 4.79 Å². The van der Waals surface area contributed by atoms with E-state index in [9.17, 15) is 49.1 Å². The van der Waals surface area contributed by atoms with Crippen LogP contribution in [-0.4, -0.2) is 65.8 Å². The average molecular weight is 518 g/mol. The topological polar surface area (TPSA) is 40.6 Å². The number of benzene rings is 1. The summed E-state index contributed by atoms with van der Waals surface area (Å²) in [6.45, 7) is 1.67. The molecule has 0 aromatic heterocycles. The minimum atomic E-state index is -6.21. The molecule has 0 saturated carbocycles. The van der Waals surface area contributed by atoms with E-state index in [-0.39, 0.29) is 31.7 Å². The monoisotopic (exact) mass is 518 g/mol. The molecule has 1 spiro atoms. The summed E-state index contributed by atoms with van der Waals surface area (Å²) in [4.78, 5) is 27.4. The molecule has 0 aliphatic carbocycles. The van der Waals surface area contributed by atoms with Crippen molar-refractivity contribution in [1.82, 2.24) is 9.80 Å². The maximum absolute atomic E-state index is 14.3. The summed E-state index contributed by atoms with van der Waals surface area (Å²) in [5.74, 6) is -3.82. The van der Waals surface area contributed by atoms with Crippen LogP contribution >= 0.6 is 0 Å². The third-order valence-electron chi connectivity index (χ3n) is 6.98. The number of nitrogens with zero attached hydrogens (tertiary/aromatic N) is 2. The van der Waals surface area contributed by atoms with Crippen LogP contribution in [0.15, 0.2) is 12.1 Å². The van der Waals surface area contributed by atoms with Gasteiger partial charge in [0.25, 0.3) is 11.6 Å². The van der Waals surface area contributed by atoms with Gasteiger partial charge in [-0.15, -0.1) is 0 Å². The lowest BCUT2D eigenvalue weighted by Crippen LogP contribution is -2.53. The van der Waals surface area contributed by atoms with Crippen molar-refractivity contribution in [3.05, 3.63) is 34.9 Å². The number of rotatable bonds is 4. The second-order valence-corrected chi connectivity index (χ2v) is 9.21. The average Bonchev–Trinajstić information content (AvgIpc) is 3.17. The Hall–Kier alpha value is -2.47. The molecule has 3 rings (SSSR count). The van der Waals surface area contributed by atoms with Crippen LogP contribution in [0.25, 0.3) is 0 Å². The maximum atomic E-state index is 14.3. The van der Waals surface area contributed by atoms with Gasteiger partial charge in [-0.05, 0) is 43.2 Å². The zero-order chi connectivity index (χ0) is 26.4.